The van der Waals surface area contributed by atoms with Crippen LogP contribution in [0.25, 0.3) is 72.6 Å². The van der Waals surface area contributed by atoms with Crippen LogP contribution in [0.3, 0.4) is 0 Å². The number of fused-ring (bicyclic) bond motifs is 4. The molecule has 0 N–H and O–H groups in total. The van der Waals surface area contributed by atoms with E-state index in [-0.39, 0.29) is 20.1 Å². The second-order valence-corrected chi connectivity index (χ2v) is 27.5. The average molecular weight is 1010 g/mol. The standard InChI is InChI=1S/C37H32N3O.C15H18GeN.Ir/c1-22(2)29-20-26(25-12-7-6-8-13-25)21-30(23(3)4)35(29)40-32-17-10-9-16-31(32)39-37(40)28-15-11-14-27-34-33(41-36(27)28)19-18-24(5)38-34;1-12-5-7-13(8-6-12)15-10-9-14(11-17-15)16(2,3)4;/h6-14,16-23H,1-5H3;5-7,9-11H,1-4H3;/q2*-1;. The number of rotatable bonds is 7. The topological polar surface area (TPSA) is 56.7 Å². The number of hydrogen-bond acceptors (Lipinski definition) is 4. The molecule has 5 nitrogen and oxygen atoms in total. The molecule has 0 aliphatic heterocycles. The first kappa shape index (κ1) is 42.0. The Bertz CT molecular complexity index is 2860. The first-order valence-corrected chi connectivity index (χ1v) is 27.6. The van der Waals surface area contributed by atoms with Crippen LogP contribution in [0.1, 0.15) is 61.9 Å². The normalized spacial score (nSPS) is 11.6. The van der Waals surface area contributed by atoms with E-state index in [0.29, 0.717) is 11.8 Å². The molecule has 59 heavy (non-hydrogen) atoms. The number of aryl methyl sites for hydroxylation is 2. The van der Waals surface area contributed by atoms with Crippen molar-refractivity contribution in [3.8, 4) is 39.5 Å². The van der Waals surface area contributed by atoms with Gasteiger partial charge in [0.05, 0.1) is 28.0 Å². The number of imidazole rings is 1. The molecule has 0 atom stereocenters. The summed E-state index contributed by atoms with van der Waals surface area (Å²) < 4.78 is 10.2. The summed E-state index contributed by atoms with van der Waals surface area (Å²) in [6.45, 7) is 13.2. The molecule has 0 saturated heterocycles. The largest absolute Gasteiger partial charge is 0.499 e. The fourth-order valence-corrected chi connectivity index (χ4v) is 9.74. The van der Waals surface area contributed by atoms with Crippen LogP contribution in [-0.4, -0.2) is 32.8 Å². The van der Waals surface area contributed by atoms with Gasteiger partial charge in [0.1, 0.15) is 5.58 Å². The van der Waals surface area contributed by atoms with Gasteiger partial charge in [-0.05, 0) is 82.8 Å². The maximum Gasteiger partial charge on any atom is 0.139 e. The summed E-state index contributed by atoms with van der Waals surface area (Å²) in [5.74, 6) is 8.55. The monoisotopic (exact) mass is 1010 g/mol. The van der Waals surface area contributed by atoms with E-state index in [0.717, 1.165) is 61.4 Å². The zero-order chi connectivity index (χ0) is 40.7. The Morgan fingerprint density at radius 2 is 1.42 bits per heavy atom. The molecular weight excluding hydrogens is 961 g/mol. The van der Waals surface area contributed by atoms with Crippen LogP contribution >= 0.6 is 0 Å². The van der Waals surface area contributed by atoms with Crippen molar-refractivity contribution in [2.75, 3.05) is 0 Å². The zero-order valence-electron chi connectivity index (χ0n) is 35.3. The summed E-state index contributed by atoms with van der Waals surface area (Å²) >= 11 is -1.73. The van der Waals surface area contributed by atoms with Crippen molar-refractivity contribution in [2.45, 2.75) is 70.6 Å². The minimum atomic E-state index is -1.73. The second-order valence-electron chi connectivity index (χ2n) is 16.9. The molecule has 9 rings (SSSR count). The summed E-state index contributed by atoms with van der Waals surface area (Å²) in [6, 6.07) is 49.1. The fraction of sp³-hybridized carbons (Fsp3) is 0.212. The number of pyridine rings is 2. The van der Waals surface area contributed by atoms with Gasteiger partial charge in [0.15, 0.2) is 0 Å². The third kappa shape index (κ3) is 8.50. The van der Waals surface area contributed by atoms with Gasteiger partial charge in [-0.25, -0.2) is 0 Å². The average Bonchev–Trinajstić information content (AvgIpc) is 3.79. The van der Waals surface area contributed by atoms with E-state index in [2.05, 4.69) is 159 Å². The van der Waals surface area contributed by atoms with E-state index in [1.165, 1.54) is 37.9 Å². The summed E-state index contributed by atoms with van der Waals surface area (Å²) in [4.78, 5) is 14.6. The first-order valence-electron chi connectivity index (χ1n) is 20.2. The Labute approximate surface area is 364 Å². The first-order chi connectivity index (χ1) is 27.9. The quantitative estimate of drug-likeness (QED) is 0.118. The summed E-state index contributed by atoms with van der Waals surface area (Å²) in [5, 5.41) is 0.976. The van der Waals surface area contributed by atoms with E-state index in [1.54, 1.807) is 0 Å². The van der Waals surface area contributed by atoms with Crippen molar-refractivity contribution in [3.05, 3.63) is 162 Å². The van der Waals surface area contributed by atoms with Gasteiger partial charge in [-0.1, -0.05) is 75.7 Å². The van der Waals surface area contributed by atoms with E-state index in [4.69, 9.17) is 14.4 Å². The van der Waals surface area contributed by atoms with Crippen LogP contribution in [-0.2, 0) is 20.1 Å². The predicted octanol–water partition coefficient (Wildman–Crippen LogP) is 13.4. The Balaban J connectivity index is 0.000000247. The molecule has 9 aromatic rings. The summed E-state index contributed by atoms with van der Waals surface area (Å²) in [7, 11) is 0. The van der Waals surface area contributed by atoms with Crippen molar-refractivity contribution in [1.82, 2.24) is 19.5 Å². The fourth-order valence-electron chi connectivity index (χ4n) is 7.57. The van der Waals surface area contributed by atoms with Crippen molar-refractivity contribution >= 4 is 50.8 Å². The van der Waals surface area contributed by atoms with Crippen LogP contribution in [0.4, 0.5) is 0 Å². The van der Waals surface area contributed by atoms with Crippen molar-refractivity contribution in [1.29, 1.82) is 0 Å². The molecule has 0 bridgehead atoms. The minimum absolute atomic E-state index is 0. The maximum atomic E-state index is 6.47. The number of aromatic nitrogens is 4. The predicted molar refractivity (Wildman–Crippen MR) is 245 cm³/mol. The van der Waals surface area contributed by atoms with Gasteiger partial charge in [0.25, 0.3) is 0 Å². The third-order valence-corrected chi connectivity index (χ3v) is 15.1. The smallest absolute Gasteiger partial charge is 0.139 e. The summed E-state index contributed by atoms with van der Waals surface area (Å²) in [6.07, 6.45) is 2.04. The molecule has 299 valence electrons. The summed E-state index contributed by atoms with van der Waals surface area (Å²) in [5.41, 5.74) is 15.7. The van der Waals surface area contributed by atoms with Crippen LogP contribution < -0.4 is 4.40 Å². The van der Waals surface area contributed by atoms with Crippen molar-refractivity contribution in [2.24, 2.45) is 0 Å². The SMILES string of the molecule is Cc1c[c-]c(-c2cc[c]([Ge]([CH3])([CH3])[CH3])cn2)cc1.Cc1ccc2oc3c(-c4nc5ccccc5n4-c4c(C(C)C)cc(-c5ccccc5)cc4C(C)C)[c-]ccc3c2n1.[Ir]. The van der Waals surface area contributed by atoms with Gasteiger partial charge in [0, 0.05) is 31.5 Å². The molecule has 0 amide bonds. The van der Waals surface area contributed by atoms with E-state index in [9.17, 15) is 0 Å². The second kappa shape index (κ2) is 17.2. The van der Waals surface area contributed by atoms with Gasteiger partial charge < -0.3 is 8.98 Å². The van der Waals surface area contributed by atoms with Gasteiger partial charge in [-0.15, -0.1) is 18.2 Å². The number of nitrogens with zero attached hydrogens (tertiary/aromatic N) is 4. The zero-order valence-corrected chi connectivity index (χ0v) is 39.8. The molecule has 0 fully saturated rings. The molecule has 4 heterocycles. The number of para-hydroxylation sites is 2. The van der Waals surface area contributed by atoms with Gasteiger partial charge in [-0.2, -0.15) is 0 Å². The molecule has 0 aliphatic carbocycles. The molecule has 1 radical (unpaired) electrons. The number of benzene rings is 5. The Morgan fingerprint density at radius 3 is 2.07 bits per heavy atom. The van der Waals surface area contributed by atoms with Crippen LogP contribution in [0.5, 0.6) is 0 Å². The minimum Gasteiger partial charge on any atom is -0.499 e. The Morgan fingerprint density at radius 1 is 0.712 bits per heavy atom. The van der Waals surface area contributed by atoms with Gasteiger partial charge in [0.2, 0.25) is 0 Å². The number of hydrogen-bond donors (Lipinski definition) is 0. The van der Waals surface area contributed by atoms with E-state index in [1.807, 2.05) is 49.5 Å². The molecule has 5 aromatic carbocycles. The van der Waals surface area contributed by atoms with E-state index < -0.39 is 13.3 Å². The molecular formula is C52H50GeIrN4O-2. The third-order valence-electron chi connectivity index (χ3n) is 10.8. The molecule has 0 saturated carbocycles. The maximum absolute atomic E-state index is 6.47. The van der Waals surface area contributed by atoms with Crippen LogP contribution in [0, 0.1) is 26.0 Å². The van der Waals surface area contributed by atoms with Crippen molar-refractivity contribution in [3.63, 3.8) is 0 Å². The molecule has 0 spiro atoms. The van der Waals surface area contributed by atoms with Crippen LogP contribution in [0.15, 0.2) is 132 Å². The molecule has 0 unspecified atom stereocenters. The molecule has 4 aromatic heterocycles. The van der Waals surface area contributed by atoms with Gasteiger partial charge >= 0.3 is 106 Å². The Kier molecular flexibility index (Phi) is 12.3. The molecule has 7 heteroatoms. The van der Waals surface area contributed by atoms with Crippen LogP contribution in [0.2, 0.25) is 17.3 Å². The van der Waals surface area contributed by atoms with Crippen molar-refractivity contribution < 1.29 is 24.5 Å². The molecule has 0 aliphatic rings. The number of furan rings is 1. The van der Waals surface area contributed by atoms with E-state index >= 15 is 0 Å². The Hall–Kier alpha value is -5.14. The van der Waals surface area contributed by atoms with Gasteiger partial charge in [-0.3, -0.25) is 9.97 Å².